The second-order valence-corrected chi connectivity index (χ2v) is 6.03. The molecule has 7 heteroatoms. The molecule has 2 fully saturated rings. The van der Waals surface area contributed by atoms with Crippen molar-refractivity contribution in [3.8, 4) is 0 Å². The Morgan fingerprint density at radius 3 is 3.05 bits per heavy atom. The van der Waals surface area contributed by atoms with E-state index in [2.05, 4.69) is 46.3 Å². The van der Waals surface area contributed by atoms with E-state index in [1.807, 2.05) is 0 Å². The Morgan fingerprint density at radius 1 is 1.32 bits per heavy atom. The molecule has 100 valence electrons. The monoisotopic (exact) mass is 322 g/mol. The van der Waals surface area contributed by atoms with Crippen LogP contribution in [0.1, 0.15) is 12.8 Å². The smallest absolute Gasteiger partial charge is 0.187 e. The van der Waals surface area contributed by atoms with Crippen molar-refractivity contribution in [1.29, 1.82) is 0 Å². The fourth-order valence-electron chi connectivity index (χ4n) is 2.91. The summed E-state index contributed by atoms with van der Waals surface area (Å²) in [6.07, 6.45) is 4.28. The first-order valence-corrected chi connectivity index (χ1v) is 7.46. The molecule has 19 heavy (non-hydrogen) atoms. The highest BCUT2D eigenvalue weighted by atomic mass is 79.9. The summed E-state index contributed by atoms with van der Waals surface area (Å²) < 4.78 is 0.867. The summed E-state index contributed by atoms with van der Waals surface area (Å²) in [6.45, 7) is 3.04. The fourth-order valence-corrected chi connectivity index (χ4v) is 3.36. The van der Waals surface area contributed by atoms with Crippen LogP contribution in [0, 0.1) is 5.92 Å². The topological polar surface area (TPSA) is 69.7 Å². The van der Waals surface area contributed by atoms with Crippen molar-refractivity contribution in [3.05, 3.63) is 10.9 Å². The number of hydrogen-bond donors (Lipinski definition) is 2. The third-order valence-corrected chi connectivity index (χ3v) is 4.58. The maximum Gasteiger partial charge on any atom is 0.187 e. The van der Waals surface area contributed by atoms with Crippen LogP contribution in [0.3, 0.4) is 0 Å². The summed E-state index contributed by atoms with van der Waals surface area (Å²) in [5, 5.41) is 11.6. The highest BCUT2D eigenvalue weighted by Crippen LogP contribution is 2.39. The summed E-state index contributed by atoms with van der Waals surface area (Å²) >= 11 is 3.52. The van der Waals surface area contributed by atoms with Gasteiger partial charge in [-0.05, 0) is 34.7 Å². The number of rotatable bonds is 2. The minimum Gasteiger partial charge on any atom is -0.350 e. The third-order valence-electron chi connectivity index (χ3n) is 4.01. The van der Waals surface area contributed by atoms with Gasteiger partial charge in [0, 0.05) is 25.7 Å². The molecule has 6 nitrogen and oxygen atoms in total. The molecule has 1 aliphatic carbocycles. The molecule has 4 rings (SSSR count). The van der Waals surface area contributed by atoms with Gasteiger partial charge in [0.25, 0.3) is 0 Å². The number of halogens is 1. The molecule has 0 bridgehead atoms. The van der Waals surface area contributed by atoms with Crippen molar-refractivity contribution in [2.45, 2.75) is 18.9 Å². The molecule has 3 heterocycles. The van der Waals surface area contributed by atoms with Gasteiger partial charge < -0.3 is 10.2 Å². The van der Waals surface area contributed by atoms with Gasteiger partial charge in [-0.2, -0.15) is 5.10 Å². The highest BCUT2D eigenvalue weighted by molar-refractivity contribution is 9.10. The first-order chi connectivity index (χ1) is 9.34. The van der Waals surface area contributed by atoms with Gasteiger partial charge in [0.05, 0.1) is 5.39 Å². The van der Waals surface area contributed by atoms with Crippen LogP contribution in [0.5, 0.6) is 0 Å². The Morgan fingerprint density at radius 2 is 2.21 bits per heavy atom. The maximum absolute atomic E-state index is 4.52. The molecule has 0 radical (unpaired) electrons. The minimum absolute atomic E-state index is 0.550. The van der Waals surface area contributed by atoms with Crippen LogP contribution in [-0.4, -0.2) is 45.8 Å². The number of hydrogen-bond acceptors (Lipinski definition) is 5. The zero-order valence-corrected chi connectivity index (χ0v) is 12.0. The lowest BCUT2D eigenvalue weighted by Gasteiger charge is -2.37. The summed E-state index contributed by atoms with van der Waals surface area (Å²) in [7, 11) is 0. The van der Waals surface area contributed by atoms with E-state index >= 15 is 0 Å². The van der Waals surface area contributed by atoms with Crippen LogP contribution in [0.2, 0.25) is 0 Å². The van der Waals surface area contributed by atoms with Crippen LogP contribution >= 0.6 is 15.9 Å². The van der Waals surface area contributed by atoms with Crippen molar-refractivity contribution in [3.63, 3.8) is 0 Å². The standard InChI is InChI=1S/C12H15BrN6/c13-10-9-11(18-17-10)15-6-16-12(9)19-4-3-14-5-8(19)7-1-2-7/h6-8,14H,1-5H2,(H,15,16,17,18). The quantitative estimate of drug-likeness (QED) is 0.872. The SMILES string of the molecule is Brc1[nH]nc2ncnc(N3CCNCC3C3CC3)c12. The zero-order chi connectivity index (χ0) is 12.8. The van der Waals surface area contributed by atoms with Gasteiger partial charge in [-0.25, -0.2) is 9.97 Å². The second kappa shape index (κ2) is 4.42. The van der Waals surface area contributed by atoms with E-state index in [1.165, 1.54) is 12.8 Å². The molecule has 1 saturated carbocycles. The summed E-state index contributed by atoms with van der Waals surface area (Å²) in [4.78, 5) is 11.2. The Bertz CT molecular complexity index is 607. The molecule has 0 aromatic carbocycles. The molecule has 2 aliphatic rings. The number of aromatic amines is 1. The normalized spacial score (nSPS) is 24.1. The number of H-pyrrole nitrogens is 1. The predicted molar refractivity (Wildman–Crippen MR) is 76.1 cm³/mol. The van der Waals surface area contributed by atoms with E-state index in [0.29, 0.717) is 6.04 Å². The summed E-state index contributed by atoms with van der Waals surface area (Å²) in [6, 6.07) is 0.550. The van der Waals surface area contributed by atoms with Gasteiger partial charge in [0.15, 0.2) is 5.65 Å². The maximum atomic E-state index is 4.52. The lowest BCUT2D eigenvalue weighted by Crippen LogP contribution is -2.52. The largest absolute Gasteiger partial charge is 0.350 e. The average Bonchev–Trinajstić information content (AvgIpc) is 3.23. The zero-order valence-electron chi connectivity index (χ0n) is 10.4. The van der Waals surface area contributed by atoms with Crippen LogP contribution in [0.4, 0.5) is 5.82 Å². The Kier molecular flexibility index (Phi) is 2.70. The molecule has 1 aliphatic heterocycles. The predicted octanol–water partition coefficient (Wildman–Crippen LogP) is 1.30. The van der Waals surface area contributed by atoms with Crippen LogP contribution in [-0.2, 0) is 0 Å². The molecule has 2 aromatic heterocycles. The number of nitrogens with zero attached hydrogens (tertiary/aromatic N) is 4. The van der Waals surface area contributed by atoms with Crippen molar-refractivity contribution < 1.29 is 0 Å². The number of piperazine rings is 1. The van der Waals surface area contributed by atoms with Gasteiger partial charge in [-0.3, -0.25) is 5.10 Å². The minimum atomic E-state index is 0.550. The fraction of sp³-hybridized carbons (Fsp3) is 0.583. The van der Waals surface area contributed by atoms with E-state index in [1.54, 1.807) is 6.33 Å². The van der Waals surface area contributed by atoms with Gasteiger partial charge in [-0.15, -0.1) is 0 Å². The molecule has 0 spiro atoms. The van der Waals surface area contributed by atoms with Crippen LogP contribution in [0.25, 0.3) is 11.0 Å². The molecular formula is C12H15BrN6. The van der Waals surface area contributed by atoms with E-state index < -0.39 is 0 Å². The highest BCUT2D eigenvalue weighted by Gasteiger charge is 2.38. The average molecular weight is 323 g/mol. The van der Waals surface area contributed by atoms with Crippen molar-refractivity contribution in [1.82, 2.24) is 25.5 Å². The van der Waals surface area contributed by atoms with Gasteiger partial charge >= 0.3 is 0 Å². The molecule has 2 N–H and O–H groups in total. The van der Waals surface area contributed by atoms with Gasteiger partial charge in [-0.1, -0.05) is 0 Å². The summed E-state index contributed by atoms with van der Waals surface area (Å²) in [5.41, 5.74) is 0.727. The van der Waals surface area contributed by atoms with Crippen molar-refractivity contribution in [2.24, 2.45) is 5.92 Å². The van der Waals surface area contributed by atoms with Crippen LogP contribution < -0.4 is 10.2 Å². The lowest BCUT2D eigenvalue weighted by atomic mass is 10.1. The first-order valence-electron chi connectivity index (χ1n) is 6.66. The molecule has 1 unspecified atom stereocenters. The van der Waals surface area contributed by atoms with E-state index in [0.717, 1.165) is 47.0 Å². The molecule has 0 amide bonds. The van der Waals surface area contributed by atoms with Gasteiger partial charge in [0.1, 0.15) is 16.7 Å². The number of nitrogens with one attached hydrogen (secondary N) is 2. The van der Waals surface area contributed by atoms with E-state index in [-0.39, 0.29) is 0 Å². The Labute approximate surface area is 119 Å². The number of anilines is 1. The molecule has 1 saturated heterocycles. The lowest BCUT2D eigenvalue weighted by molar-refractivity contribution is 0.438. The van der Waals surface area contributed by atoms with E-state index in [9.17, 15) is 0 Å². The van der Waals surface area contributed by atoms with E-state index in [4.69, 9.17) is 0 Å². The van der Waals surface area contributed by atoms with Gasteiger partial charge in [0.2, 0.25) is 0 Å². The molecular weight excluding hydrogens is 308 g/mol. The second-order valence-electron chi connectivity index (χ2n) is 5.24. The Balaban J connectivity index is 1.81. The molecule has 1 atom stereocenters. The molecule has 2 aromatic rings. The first kappa shape index (κ1) is 11.6. The van der Waals surface area contributed by atoms with Crippen LogP contribution in [0.15, 0.2) is 10.9 Å². The van der Waals surface area contributed by atoms with Crippen molar-refractivity contribution in [2.75, 3.05) is 24.5 Å². The Hall–Kier alpha value is -1.21. The summed E-state index contributed by atoms with van der Waals surface area (Å²) in [5.74, 6) is 1.81. The number of fused-ring (bicyclic) bond motifs is 1. The van der Waals surface area contributed by atoms with Crippen molar-refractivity contribution >= 4 is 32.8 Å². The number of aromatic nitrogens is 4. The third kappa shape index (κ3) is 1.92.